The topological polar surface area (TPSA) is 82.6 Å². The van der Waals surface area contributed by atoms with Gasteiger partial charge in [0.2, 0.25) is 5.95 Å². The molecule has 5 rings (SSSR count). The number of aromatic nitrogens is 5. The second-order valence-electron chi connectivity index (χ2n) is 6.22. The summed E-state index contributed by atoms with van der Waals surface area (Å²) in [6.07, 6.45) is 4.47. The van der Waals surface area contributed by atoms with Crippen LogP contribution in [-0.2, 0) is 13.0 Å². The Kier molecular flexibility index (Phi) is 3.48. The van der Waals surface area contributed by atoms with Crippen LogP contribution in [0.4, 0.5) is 17.5 Å². The molecule has 0 saturated carbocycles. The van der Waals surface area contributed by atoms with E-state index in [0.717, 1.165) is 46.8 Å². The molecule has 7 nitrogen and oxygen atoms in total. The minimum Gasteiger partial charge on any atom is -0.350 e. The number of aromatic amines is 1. The van der Waals surface area contributed by atoms with Crippen LogP contribution in [0.2, 0.25) is 0 Å². The number of benzene rings is 1. The predicted molar refractivity (Wildman–Crippen MR) is 100 cm³/mol. The molecule has 1 aliphatic heterocycles. The molecule has 3 aromatic heterocycles. The molecule has 4 aromatic rings. The van der Waals surface area contributed by atoms with E-state index < -0.39 is 0 Å². The Morgan fingerprint density at radius 1 is 1.08 bits per heavy atom. The van der Waals surface area contributed by atoms with Crippen molar-refractivity contribution in [3.63, 3.8) is 0 Å². The van der Waals surface area contributed by atoms with E-state index in [1.54, 1.807) is 6.20 Å². The molecule has 0 amide bonds. The van der Waals surface area contributed by atoms with Gasteiger partial charge in [0.15, 0.2) is 5.65 Å². The third-order valence-corrected chi connectivity index (χ3v) is 4.54. The first-order chi connectivity index (χ1) is 12.9. The van der Waals surface area contributed by atoms with Crippen LogP contribution in [0.5, 0.6) is 0 Å². The maximum Gasteiger partial charge on any atom is 0.227 e. The van der Waals surface area contributed by atoms with Gasteiger partial charge in [-0.25, -0.2) is 0 Å². The van der Waals surface area contributed by atoms with E-state index in [1.807, 2.05) is 36.5 Å². The summed E-state index contributed by atoms with van der Waals surface area (Å²) in [7, 11) is 0. The number of rotatable bonds is 4. The summed E-state index contributed by atoms with van der Waals surface area (Å²) in [4.78, 5) is 15.8. The lowest BCUT2D eigenvalue weighted by Crippen LogP contribution is -2.25. The zero-order chi connectivity index (χ0) is 17.3. The highest BCUT2D eigenvalue weighted by Crippen LogP contribution is 2.35. The molecule has 0 fully saturated rings. The molecule has 26 heavy (non-hydrogen) atoms. The Balaban J connectivity index is 1.54. The van der Waals surface area contributed by atoms with E-state index in [-0.39, 0.29) is 0 Å². The predicted octanol–water partition coefficient (Wildman–Crippen LogP) is 3.05. The van der Waals surface area contributed by atoms with Crippen LogP contribution in [0.15, 0.2) is 54.9 Å². The van der Waals surface area contributed by atoms with Crippen molar-refractivity contribution in [1.29, 1.82) is 0 Å². The van der Waals surface area contributed by atoms with Crippen LogP contribution in [0.25, 0.3) is 11.0 Å². The van der Waals surface area contributed by atoms with Crippen molar-refractivity contribution < 1.29 is 0 Å². The average Bonchev–Trinajstić information content (AvgIpc) is 3.12. The van der Waals surface area contributed by atoms with Gasteiger partial charge in [-0.3, -0.25) is 10.1 Å². The van der Waals surface area contributed by atoms with Crippen molar-refractivity contribution in [3.05, 3.63) is 66.1 Å². The fraction of sp³-hybridized carbons (Fsp3) is 0.158. The summed E-state index contributed by atoms with van der Waals surface area (Å²) in [5.41, 5.74) is 3.99. The maximum atomic E-state index is 4.80. The number of pyridine rings is 1. The zero-order valence-electron chi connectivity index (χ0n) is 14.1. The molecule has 0 spiro atoms. The lowest BCUT2D eigenvalue weighted by molar-refractivity contribution is 0.850. The van der Waals surface area contributed by atoms with Gasteiger partial charge in [0.1, 0.15) is 5.82 Å². The minimum atomic E-state index is 0.578. The zero-order valence-corrected chi connectivity index (χ0v) is 14.1. The first-order valence-corrected chi connectivity index (χ1v) is 8.59. The molecule has 0 bridgehead atoms. The molecule has 0 unspecified atom stereocenters. The largest absolute Gasteiger partial charge is 0.350 e. The monoisotopic (exact) mass is 343 g/mol. The van der Waals surface area contributed by atoms with E-state index in [1.165, 1.54) is 0 Å². The van der Waals surface area contributed by atoms with Gasteiger partial charge in [-0.15, -0.1) is 0 Å². The second-order valence-corrected chi connectivity index (χ2v) is 6.22. The molecule has 128 valence electrons. The van der Waals surface area contributed by atoms with E-state index in [0.29, 0.717) is 12.5 Å². The quantitative estimate of drug-likeness (QED) is 0.593. The number of hydrogen-bond donors (Lipinski definition) is 2. The third kappa shape index (κ3) is 2.54. The summed E-state index contributed by atoms with van der Waals surface area (Å²) in [6, 6.07) is 14.2. The van der Waals surface area contributed by atoms with Crippen molar-refractivity contribution >= 4 is 28.5 Å². The fourth-order valence-electron chi connectivity index (χ4n) is 3.29. The highest BCUT2D eigenvalue weighted by molar-refractivity contribution is 5.94. The summed E-state index contributed by atoms with van der Waals surface area (Å²) in [5.74, 6) is 1.47. The number of anilines is 3. The SMILES string of the molecule is c1ccc(N2CCc3n[nH]c4nc(NCc5cccnc5)nc2c34)cc1. The lowest BCUT2D eigenvalue weighted by atomic mass is 10.1. The van der Waals surface area contributed by atoms with Gasteiger partial charge in [0.25, 0.3) is 0 Å². The summed E-state index contributed by atoms with van der Waals surface area (Å²) in [5, 5.41) is 11.8. The van der Waals surface area contributed by atoms with Gasteiger partial charge in [-0.1, -0.05) is 24.3 Å². The molecule has 4 heterocycles. The molecule has 0 radical (unpaired) electrons. The number of nitrogens with zero attached hydrogens (tertiary/aromatic N) is 5. The van der Waals surface area contributed by atoms with Crippen molar-refractivity contribution in [2.24, 2.45) is 0 Å². The summed E-state index contributed by atoms with van der Waals surface area (Å²) >= 11 is 0. The van der Waals surface area contributed by atoms with Crippen molar-refractivity contribution in [3.8, 4) is 0 Å². The molecule has 2 N–H and O–H groups in total. The molecular formula is C19H17N7. The highest BCUT2D eigenvalue weighted by Gasteiger charge is 2.25. The molecule has 0 atom stereocenters. The van der Waals surface area contributed by atoms with Crippen molar-refractivity contribution in [2.75, 3.05) is 16.8 Å². The molecular weight excluding hydrogens is 326 g/mol. The smallest absolute Gasteiger partial charge is 0.227 e. The Morgan fingerprint density at radius 3 is 2.85 bits per heavy atom. The molecule has 7 heteroatoms. The lowest BCUT2D eigenvalue weighted by Gasteiger charge is -2.27. The Bertz CT molecular complexity index is 1040. The fourth-order valence-corrected chi connectivity index (χ4v) is 3.29. The summed E-state index contributed by atoms with van der Waals surface area (Å²) < 4.78 is 0. The first-order valence-electron chi connectivity index (χ1n) is 8.59. The van der Waals surface area contributed by atoms with Crippen LogP contribution in [-0.4, -0.2) is 31.7 Å². The van der Waals surface area contributed by atoms with E-state index in [4.69, 9.17) is 4.98 Å². The molecule has 0 aliphatic carbocycles. The Hall–Kier alpha value is -3.48. The second kappa shape index (κ2) is 6.11. The number of hydrogen-bond acceptors (Lipinski definition) is 6. The summed E-state index contributed by atoms with van der Waals surface area (Å²) in [6.45, 7) is 1.46. The van der Waals surface area contributed by atoms with Crippen LogP contribution >= 0.6 is 0 Å². The number of H-pyrrole nitrogens is 1. The van der Waals surface area contributed by atoms with Gasteiger partial charge in [0.05, 0.1) is 11.1 Å². The van der Waals surface area contributed by atoms with Gasteiger partial charge >= 0.3 is 0 Å². The van der Waals surface area contributed by atoms with Gasteiger partial charge in [-0.05, 0) is 23.8 Å². The van der Waals surface area contributed by atoms with Crippen LogP contribution < -0.4 is 10.2 Å². The first kappa shape index (κ1) is 14.8. The standard InChI is InChI=1S/C19H17N7/c1-2-6-14(7-3-1)26-10-8-15-16-17(25-24-15)22-19(23-18(16)26)21-12-13-5-4-9-20-11-13/h1-7,9,11H,8,10,12H2,(H2,21,22,23,24,25). The Morgan fingerprint density at radius 2 is 2.00 bits per heavy atom. The minimum absolute atomic E-state index is 0.578. The molecule has 1 aliphatic rings. The van der Waals surface area contributed by atoms with Crippen LogP contribution in [0.1, 0.15) is 11.3 Å². The van der Waals surface area contributed by atoms with Crippen LogP contribution in [0, 0.1) is 0 Å². The van der Waals surface area contributed by atoms with Crippen LogP contribution in [0.3, 0.4) is 0 Å². The highest BCUT2D eigenvalue weighted by atomic mass is 15.3. The molecule has 1 aromatic carbocycles. The van der Waals surface area contributed by atoms with Gasteiger partial charge in [-0.2, -0.15) is 15.1 Å². The van der Waals surface area contributed by atoms with Gasteiger partial charge in [0, 0.05) is 37.6 Å². The molecule has 0 saturated heterocycles. The third-order valence-electron chi connectivity index (χ3n) is 4.54. The van der Waals surface area contributed by atoms with Gasteiger partial charge < -0.3 is 10.2 Å². The van der Waals surface area contributed by atoms with E-state index in [2.05, 4.69) is 42.5 Å². The normalized spacial score (nSPS) is 13.2. The number of para-hydroxylation sites is 1. The average molecular weight is 343 g/mol. The van der Waals surface area contributed by atoms with E-state index in [9.17, 15) is 0 Å². The maximum absolute atomic E-state index is 4.80. The van der Waals surface area contributed by atoms with Crippen molar-refractivity contribution in [1.82, 2.24) is 25.1 Å². The van der Waals surface area contributed by atoms with Crippen molar-refractivity contribution in [2.45, 2.75) is 13.0 Å². The van der Waals surface area contributed by atoms with E-state index >= 15 is 0 Å². The Labute approximate surface area is 150 Å². The number of nitrogens with one attached hydrogen (secondary N) is 2.